The zero-order chi connectivity index (χ0) is 14.6. The van der Waals surface area contributed by atoms with E-state index in [1.807, 2.05) is 0 Å². The van der Waals surface area contributed by atoms with Gasteiger partial charge in [0, 0.05) is 23.4 Å². The van der Waals surface area contributed by atoms with E-state index in [1.165, 1.54) is 42.8 Å². The van der Waals surface area contributed by atoms with E-state index >= 15 is 0 Å². The summed E-state index contributed by atoms with van der Waals surface area (Å²) in [6.45, 7) is 5.44. The molecule has 1 atom stereocenters. The molecular weight excluding hydrogens is 266 g/mol. The van der Waals surface area contributed by atoms with Gasteiger partial charge in [0.05, 0.1) is 10.7 Å². The quantitative estimate of drug-likeness (QED) is 0.837. The van der Waals surface area contributed by atoms with Crippen molar-refractivity contribution in [1.29, 1.82) is 0 Å². The smallest absolute Gasteiger partial charge is 0.0897 e. The predicted octanol–water partition coefficient (Wildman–Crippen LogP) is 3.24. The summed E-state index contributed by atoms with van der Waals surface area (Å²) in [4.78, 5) is 7.15. The summed E-state index contributed by atoms with van der Waals surface area (Å²) in [6.07, 6.45) is 7.59. The van der Waals surface area contributed by atoms with Crippen molar-refractivity contribution in [2.75, 3.05) is 20.6 Å². The van der Waals surface area contributed by atoms with Crippen molar-refractivity contribution < 1.29 is 0 Å². The fraction of sp³-hybridized carbons (Fsp3) is 0.812. The minimum absolute atomic E-state index is 0.312. The normalized spacial score (nSPS) is 19.6. The Morgan fingerprint density at radius 1 is 1.40 bits per heavy atom. The monoisotopic (exact) mass is 295 g/mol. The lowest BCUT2D eigenvalue weighted by atomic mass is 9.84. The van der Waals surface area contributed by atoms with E-state index in [-0.39, 0.29) is 0 Å². The minimum atomic E-state index is 0.312. The average Bonchev–Trinajstić information content (AvgIpc) is 3.04. The molecule has 0 aliphatic heterocycles. The Bertz CT molecular complexity index is 408. The van der Waals surface area contributed by atoms with Crippen molar-refractivity contribution in [1.82, 2.24) is 15.2 Å². The van der Waals surface area contributed by atoms with Crippen molar-refractivity contribution in [2.45, 2.75) is 64.0 Å². The molecule has 1 N–H and O–H groups in total. The van der Waals surface area contributed by atoms with Crippen LogP contribution in [0.1, 0.15) is 49.7 Å². The number of nitrogens with zero attached hydrogens (tertiary/aromatic N) is 2. The minimum Gasteiger partial charge on any atom is -0.312 e. The number of nitrogens with one attached hydrogen (secondary N) is 1. The molecule has 1 heterocycles. The van der Waals surface area contributed by atoms with Crippen molar-refractivity contribution in [3.05, 3.63) is 16.1 Å². The third-order valence-corrected chi connectivity index (χ3v) is 5.55. The Morgan fingerprint density at radius 2 is 2.10 bits per heavy atom. The molecule has 0 bridgehead atoms. The van der Waals surface area contributed by atoms with Gasteiger partial charge in [-0.1, -0.05) is 19.8 Å². The molecule has 0 spiro atoms. The second-order valence-corrected chi connectivity index (χ2v) is 7.34. The van der Waals surface area contributed by atoms with Gasteiger partial charge in [0.25, 0.3) is 0 Å². The summed E-state index contributed by atoms with van der Waals surface area (Å²) >= 11 is 1.77. The maximum absolute atomic E-state index is 4.68. The highest BCUT2D eigenvalue weighted by atomic mass is 32.1. The van der Waals surface area contributed by atoms with E-state index in [2.05, 4.69) is 48.5 Å². The summed E-state index contributed by atoms with van der Waals surface area (Å²) < 4.78 is 0. The van der Waals surface area contributed by atoms with Gasteiger partial charge in [-0.05, 0) is 46.8 Å². The maximum Gasteiger partial charge on any atom is 0.0897 e. The summed E-state index contributed by atoms with van der Waals surface area (Å²) in [5.41, 5.74) is 1.57. The highest BCUT2D eigenvalue weighted by molar-refractivity contribution is 7.09. The molecule has 114 valence electrons. The van der Waals surface area contributed by atoms with Crippen LogP contribution in [0.3, 0.4) is 0 Å². The molecule has 1 aromatic rings. The molecule has 0 amide bonds. The Hall–Kier alpha value is -0.450. The first kappa shape index (κ1) is 15.9. The maximum atomic E-state index is 4.68. The Kier molecular flexibility index (Phi) is 5.58. The van der Waals surface area contributed by atoms with Gasteiger partial charge in [-0.15, -0.1) is 11.3 Å². The lowest BCUT2D eigenvalue weighted by molar-refractivity contribution is 0.104. The van der Waals surface area contributed by atoms with E-state index in [1.54, 1.807) is 11.3 Å². The number of likely N-dealkylation sites (N-methyl/N-ethyl adjacent to an activating group) is 1. The predicted molar refractivity (Wildman–Crippen MR) is 87.5 cm³/mol. The van der Waals surface area contributed by atoms with Gasteiger partial charge in [0.2, 0.25) is 0 Å². The number of aryl methyl sites for hydroxylation is 1. The summed E-state index contributed by atoms with van der Waals surface area (Å²) in [5, 5.41) is 7.22. The Balaban J connectivity index is 2.16. The number of rotatable bonds is 7. The molecular formula is C16H29N3S. The van der Waals surface area contributed by atoms with Gasteiger partial charge in [-0.2, -0.15) is 0 Å². The molecule has 1 aromatic heterocycles. The molecule has 0 radical (unpaired) electrons. The highest BCUT2D eigenvalue weighted by Crippen LogP contribution is 2.38. The van der Waals surface area contributed by atoms with Crippen LogP contribution in [0.5, 0.6) is 0 Å². The van der Waals surface area contributed by atoms with Crippen LogP contribution < -0.4 is 5.32 Å². The first-order valence-corrected chi connectivity index (χ1v) is 8.78. The molecule has 1 saturated carbocycles. The van der Waals surface area contributed by atoms with Crippen LogP contribution in [0.2, 0.25) is 0 Å². The lowest BCUT2D eigenvalue weighted by Crippen LogP contribution is -2.58. The van der Waals surface area contributed by atoms with Crippen LogP contribution in [0.25, 0.3) is 0 Å². The van der Waals surface area contributed by atoms with Gasteiger partial charge in [-0.3, -0.25) is 0 Å². The van der Waals surface area contributed by atoms with Crippen LogP contribution in [-0.4, -0.2) is 42.1 Å². The van der Waals surface area contributed by atoms with Gasteiger partial charge in [0.15, 0.2) is 0 Å². The number of aromatic nitrogens is 1. The average molecular weight is 295 g/mol. The fourth-order valence-corrected chi connectivity index (χ4v) is 4.20. The van der Waals surface area contributed by atoms with Crippen LogP contribution in [0.4, 0.5) is 0 Å². The number of hydrogen-bond acceptors (Lipinski definition) is 4. The van der Waals surface area contributed by atoms with Crippen LogP contribution in [-0.2, 0) is 6.42 Å². The second-order valence-electron chi connectivity index (χ2n) is 6.27. The second kappa shape index (κ2) is 7.01. The Morgan fingerprint density at radius 3 is 2.60 bits per heavy atom. The SMILES string of the molecule is CCCNC(Cc1csc(C)n1)C1(N(C)C)CCCC1. The van der Waals surface area contributed by atoms with Gasteiger partial charge < -0.3 is 10.2 Å². The molecule has 3 nitrogen and oxygen atoms in total. The molecule has 1 fully saturated rings. The number of thiazole rings is 1. The summed E-state index contributed by atoms with van der Waals surface area (Å²) in [5.74, 6) is 0. The van der Waals surface area contributed by atoms with E-state index in [4.69, 9.17) is 0 Å². The molecule has 0 aromatic carbocycles. The van der Waals surface area contributed by atoms with Crippen molar-refractivity contribution in [3.63, 3.8) is 0 Å². The Labute approximate surface area is 127 Å². The molecule has 20 heavy (non-hydrogen) atoms. The van der Waals surface area contributed by atoms with Crippen molar-refractivity contribution in [3.8, 4) is 0 Å². The van der Waals surface area contributed by atoms with E-state index in [9.17, 15) is 0 Å². The van der Waals surface area contributed by atoms with Crippen molar-refractivity contribution in [2.24, 2.45) is 0 Å². The van der Waals surface area contributed by atoms with E-state index in [0.29, 0.717) is 11.6 Å². The first-order valence-electron chi connectivity index (χ1n) is 7.90. The third-order valence-electron chi connectivity index (χ3n) is 4.73. The van der Waals surface area contributed by atoms with Crippen molar-refractivity contribution >= 4 is 11.3 Å². The molecule has 0 saturated heterocycles. The molecule has 1 aliphatic rings. The molecule has 1 aliphatic carbocycles. The first-order chi connectivity index (χ1) is 9.58. The number of hydrogen-bond donors (Lipinski definition) is 1. The van der Waals surface area contributed by atoms with Gasteiger partial charge >= 0.3 is 0 Å². The fourth-order valence-electron chi connectivity index (χ4n) is 3.58. The molecule has 2 rings (SSSR count). The molecule has 4 heteroatoms. The highest BCUT2D eigenvalue weighted by Gasteiger charge is 2.42. The topological polar surface area (TPSA) is 28.2 Å². The lowest BCUT2D eigenvalue weighted by Gasteiger charge is -2.43. The van der Waals surface area contributed by atoms with E-state index < -0.39 is 0 Å². The molecule has 1 unspecified atom stereocenters. The van der Waals surface area contributed by atoms with E-state index in [0.717, 1.165) is 13.0 Å². The zero-order valence-electron chi connectivity index (χ0n) is 13.4. The van der Waals surface area contributed by atoms with Crippen LogP contribution in [0.15, 0.2) is 5.38 Å². The summed E-state index contributed by atoms with van der Waals surface area (Å²) in [6, 6.07) is 0.515. The standard InChI is InChI=1S/C16H29N3S/c1-5-10-17-15(11-14-12-20-13(2)18-14)16(19(3)4)8-6-7-9-16/h12,15,17H,5-11H2,1-4H3. The summed E-state index contributed by atoms with van der Waals surface area (Å²) in [7, 11) is 4.50. The zero-order valence-corrected chi connectivity index (χ0v) is 14.2. The van der Waals surface area contributed by atoms with Gasteiger partial charge in [-0.25, -0.2) is 4.98 Å². The van der Waals surface area contributed by atoms with Crippen LogP contribution >= 0.6 is 11.3 Å². The third kappa shape index (κ3) is 3.41. The van der Waals surface area contributed by atoms with Gasteiger partial charge in [0.1, 0.15) is 0 Å². The van der Waals surface area contributed by atoms with Crippen LogP contribution in [0, 0.1) is 6.92 Å². The largest absolute Gasteiger partial charge is 0.312 e.